The number of nitrogens with one attached hydrogen (secondary N) is 1. The molecule has 4 rings (SSSR count). The first-order valence-electron chi connectivity index (χ1n) is 10.3. The Morgan fingerprint density at radius 3 is 2.22 bits per heavy atom. The lowest BCUT2D eigenvalue weighted by molar-refractivity contribution is -0.128. The summed E-state index contributed by atoms with van der Waals surface area (Å²) in [7, 11) is 0. The highest BCUT2D eigenvalue weighted by molar-refractivity contribution is 8.01. The SMILES string of the molecule is C[C@@H](C(=O)NCc1ccc(F)cc1)[C@@H]1Sc2ccccc2N(Cc2ccc(F)cc2)C1=O. The Kier molecular flexibility index (Phi) is 6.55. The van der Waals surface area contributed by atoms with Crippen molar-refractivity contribution >= 4 is 29.3 Å². The number of fused-ring (bicyclic) bond motifs is 1. The molecule has 1 aliphatic rings. The van der Waals surface area contributed by atoms with Crippen LogP contribution in [-0.4, -0.2) is 17.1 Å². The minimum absolute atomic E-state index is 0.164. The molecule has 0 bridgehead atoms. The largest absolute Gasteiger partial charge is 0.352 e. The van der Waals surface area contributed by atoms with Gasteiger partial charge in [0.2, 0.25) is 11.8 Å². The van der Waals surface area contributed by atoms with Crippen LogP contribution in [0.3, 0.4) is 0 Å². The van der Waals surface area contributed by atoms with Crippen molar-refractivity contribution in [3.05, 3.63) is 95.6 Å². The van der Waals surface area contributed by atoms with Crippen molar-refractivity contribution in [2.75, 3.05) is 4.90 Å². The molecule has 3 aromatic rings. The van der Waals surface area contributed by atoms with Gasteiger partial charge in [0.1, 0.15) is 16.9 Å². The second-order valence-electron chi connectivity index (χ2n) is 7.69. The molecule has 3 aromatic carbocycles. The van der Waals surface area contributed by atoms with Crippen LogP contribution in [0.5, 0.6) is 0 Å². The van der Waals surface area contributed by atoms with E-state index in [0.717, 1.165) is 21.7 Å². The molecule has 0 unspecified atom stereocenters. The van der Waals surface area contributed by atoms with E-state index in [0.29, 0.717) is 0 Å². The molecule has 2 amide bonds. The van der Waals surface area contributed by atoms with Gasteiger partial charge in [-0.2, -0.15) is 0 Å². The molecule has 1 heterocycles. The van der Waals surface area contributed by atoms with Crippen molar-refractivity contribution in [3.63, 3.8) is 0 Å². The summed E-state index contributed by atoms with van der Waals surface area (Å²) in [6, 6.07) is 19.5. The van der Waals surface area contributed by atoms with Gasteiger partial charge in [-0.15, -0.1) is 11.8 Å². The van der Waals surface area contributed by atoms with E-state index in [1.54, 1.807) is 36.1 Å². The van der Waals surface area contributed by atoms with Crippen LogP contribution in [0.25, 0.3) is 0 Å². The van der Waals surface area contributed by atoms with Gasteiger partial charge in [0, 0.05) is 11.4 Å². The number of rotatable bonds is 6. The van der Waals surface area contributed by atoms with Gasteiger partial charge in [0.25, 0.3) is 0 Å². The molecule has 1 N–H and O–H groups in total. The van der Waals surface area contributed by atoms with Crippen LogP contribution in [0.15, 0.2) is 77.7 Å². The van der Waals surface area contributed by atoms with Crippen LogP contribution in [0, 0.1) is 17.6 Å². The highest BCUT2D eigenvalue weighted by atomic mass is 32.2. The van der Waals surface area contributed by atoms with Crippen LogP contribution >= 0.6 is 11.8 Å². The molecule has 164 valence electrons. The second kappa shape index (κ2) is 9.53. The zero-order chi connectivity index (χ0) is 22.7. The predicted octanol–water partition coefficient (Wildman–Crippen LogP) is 4.92. The fourth-order valence-corrected chi connectivity index (χ4v) is 4.87. The number of para-hydroxylation sites is 1. The molecule has 32 heavy (non-hydrogen) atoms. The third-order valence-electron chi connectivity index (χ3n) is 5.42. The summed E-state index contributed by atoms with van der Waals surface area (Å²) in [5.41, 5.74) is 2.36. The van der Waals surface area contributed by atoms with Crippen molar-refractivity contribution in [3.8, 4) is 0 Å². The number of nitrogens with zero attached hydrogens (tertiary/aromatic N) is 1. The van der Waals surface area contributed by atoms with Gasteiger partial charge < -0.3 is 10.2 Å². The van der Waals surface area contributed by atoms with Crippen LogP contribution in [0.4, 0.5) is 14.5 Å². The molecule has 0 aromatic heterocycles. The second-order valence-corrected chi connectivity index (χ2v) is 8.87. The van der Waals surface area contributed by atoms with E-state index in [2.05, 4.69) is 5.32 Å². The monoisotopic (exact) mass is 452 g/mol. The fraction of sp³-hybridized carbons (Fsp3) is 0.200. The summed E-state index contributed by atoms with van der Waals surface area (Å²) in [4.78, 5) is 28.8. The first-order valence-corrected chi connectivity index (χ1v) is 11.1. The van der Waals surface area contributed by atoms with Crippen LogP contribution < -0.4 is 10.2 Å². The third kappa shape index (κ3) is 4.83. The molecular weight excluding hydrogens is 430 g/mol. The molecule has 4 nitrogen and oxygen atoms in total. The number of benzene rings is 3. The standard InChI is InChI=1S/C25H22F2N2O2S/c1-16(24(30)28-14-17-6-10-19(26)11-7-17)23-25(31)29(15-18-8-12-20(27)13-9-18)21-4-2-3-5-22(21)32-23/h2-13,16,23H,14-15H2,1H3,(H,28,30)/t16-,23+/m1/s1. The Labute approximate surface area is 189 Å². The molecule has 0 saturated carbocycles. The molecular formula is C25H22F2N2O2S. The average Bonchev–Trinajstić information content (AvgIpc) is 2.81. The third-order valence-corrected chi connectivity index (χ3v) is 6.88. The summed E-state index contributed by atoms with van der Waals surface area (Å²) in [6.07, 6.45) is 0. The van der Waals surface area contributed by atoms with Crippen LogP contribution in [-0.2, 0) is 22.7 Å². The van der Waals surface area contributed by atoms with Gasteiger partial charge in [0.15, 0.2) is 0 Å². The van der Waals surface area contributed by atoms with Gasteiger partial charge in [-0.1, -0.05) is 43.3 Å². The van der Waals surface area contributed by atoms with E-state index in [4.69, 9.17) is 0 Å². The van der Waals surface area contributed by atoms with Gasteiger partial charge in [0.05, 0.1) is 18.2 Å². The molecule has 0 spiro atoms. The van der Waals surface area contributed by atoms with E-state index >= 15 is 0 Å². The van der Waals surface area contributed by atoms with Crippen molar-refractivity contribution in [1.29, 1.82) is 0 Å². The number of amides is 2. The van der Waals surface area contributed by atoms with Crippen LogP contribution in [0.1, 0.15) is 18.1 Å². The number of hydrogen-bond acceptors (Lipinski definition) is 3. The number of carbonyl (C=O) groups is 2. The average molecular weight is 453 g/mol. The summed E-state index contributed by atoms with van der Waals surface area (Å²) in [6.45, 7) is 2.28. The van der Waals surface area contributed by atoms with E-state index in [1.807, 2.05) is 24.3 Å². The lowest BCUT2D eigenvalue weighted by Gasteiger charge is -2.35. The highest BCUT2D eigenvalue weighted by Crippen LogP contribution is 2.42. The maximum atomic E-state index is 13.4. The van der Waals surface area contributed by atoms with Crippen molar-refractivity contribution in [2.45, 2.75) is 30.2 Å². The molecule has 0 saturated heterocycles. The maximum absolute atomic E-state index is 13.4. The van der Waals surface area contributed by atoms with Gasteiger partial charge >= 0.3 is 0 Å². The number of thioether (sulfide) groups is 1. The predicted molar refractivity (Wildman–Crippen MR) is 121 cm³/mol. The molecule has 0 aliphatic carbocycles. The van der Waals surface area contributed by atoms with E-state index < -0.39 is 11.2 Å². The Morgan fingerprint density at radius 1 is 0.969 bits per heavy atom. The summed E-state index contributed by atoms with van der Waals surface area (Å²) in [5.74, 6) is -1.67. The van der Waals surface area contributed by atoms with Gasteiger partial charge in [-0.3, -0.25) is 9.59 Å². The lowest BCUT2D eigenvalue weighted by atomic mass is 10.0. The van der Waals surface area contributed by atoms with E-state index in [9.17, 15) is 18.4 Å². The first kappa shape index (κ1) is 22.0. The first-order chi connectivity index (χ1) is 15.4. The molecule has 2 atom stereocenters. The van der Waals surface area contributed by atoms with Crippen molar-refractivity contribution in [1.82, 2.24) is 5.32 Å². The maximum Gasteiger partial charge on any atom is 0.241 e. The quantitative estimate of drug-likeness (QED) is 0.577. The fourth-order valence-electron chi connectivity index (χ4n) is 3.58. The normalized spacial score (nSPS) is 16.4. The Morgan fingerprint density at radius 2 is 1.56 bits per heavy atom. The smallest absolute Gasteiger partial charge is 0.241 e. The van der Waals surface area contributed by atoms with Crippen molar-refractivity contribution < 1.29 is 18.4 Å². The van der Waals surface area contributed by atoms with E-state index in [1.165, 1.54) is 36.0 Å². The number of halogens is 2. The number of anilines is 1. The molecule has 1 aliphatic heterocycles. The van der Waals surface area contributed by atoms with Gasteiger partial charge in [-0.25, -0.2) is 8.78 Å². The lowest BCUT2D eigenvalue weighted by Crippen LogP contribution is -2.47. The Hall–Kier alpha value is -3.19. The number of carbonyl (C=O) groups excluding carboxylic acids is 2. The Bertz CT molecular complexity index is 1120. The topological polar surface area (TPSA) is 49.4 Å². The summed E-state index contributed by atoms with van der Waals surface area (Å²) in [5, 5.41) is 2.25. The highest BCUT2D eigenvalue weighted by Gasteiger charge is 2.39. The zero-order valence-electron chi connectivity index (χ0n) is 17.4. The number of hydrogen-bond donors (Lipinski definition) is 1. The van der Waals surface area contributed by atoms with Gasteiger partial charge in [-0.05, 0) is 47.5 Å². The molecule has 7 heteroatoms. The molecule has 0 radical (unpaired) electrons. The summed E-state index contributed by atoms with van der Waals surface area (Å²) < 4.78 is 26.4. The summed E-state index contributed by atoms with van der Waals surface area (Å²) >= 11 is 1.38. The molecule has 0 fully saturated rings. The van der Waals surface area contributed by atoms with Crippen LogP contribution in [0.2, 0.25) is 0 Å². The minimum atomic E-state index is -0.599. The van der Waals surface area contributed by atoms with E-state index in [-0.39, 0.29) is 36.5 Å². The van der Waals surface area contributed by atoms with Crippen molar-refractivity contribution in [2.24, 2.45) is 5.92 Å². The Balaban J connectivity index is 1.51. The zero-order valence-corrected chi connectivity index (χ0v) is 18.2. The minimum Gasteiger partial charge on any atom is -0.352 e.